The van der Waals surface area contributed by atoms with Gasteiger partial charge in [-0.05, 0) is 41.8 Å². The van der Waals surface area contributed by atoms with Gasteiger partial charge in [0.05, 0.1) is 10.2 Å². The van der Waals surface area contributed by atoms with Gasteiger partial charge in [0, 0.05) is 0 Å². The van der Waals surface area contributed by atoms with Gasteiger partial charge in [0.15, 0.2) is 11.7 Å². The lowest BCUT2D eigenvalue weighted by molar-refractivity contribution is -0.118. The van der Waals surface area contributed by atoms with Gasteiger partial charge in [0.2, 0.25) is 0 Å². The Morgan fingerprint density at radius 2 is 2.00 bits per heavy atom. The lowest BCUT2D eigenvalue weighted by atomic mass is 10.0. The summed E-state index contributed by atoms with van der Waals surface area (Å²) >= 11 is 1.23. The maximum absolute atomic E-state index is 13.2. The van der Waals surface area contributed by atoms with E-state index < -0.39 is 0 Å². The molecule has 1 aromatic heterocycles. The fourth-order valence-electron chi connectivity index (χ4n) is 2.21. The molecule has 0 aliphatic carbocycles. The van der Waals surface area contributed by atoms with Gasteiger partial charge in [-0.15, -0.1) is 0 Å². The lowest BCUT2D eigenvalue weighted by Gasteiger charge is -2.08. The van der Waals surface area contributed by atoms with Crippen molar-refractivity contribution in [1.82, 2.24) is 4.98 Å². The third-order valence-corrected chi connectivity index (χ3v) is 4.45. The summed E-state index contributed by atoms with van der Waals surface area (Å²) in [5, 5.41) is 3.10. The van der Waals surface area contributed by atoms with Crippen molar-refractivity contribution >= 4 is 32.6 Å². The van der Waals surface area contributed by atoms with Crippen LogP contribution in [0.2, 0.25) is 0 Å². The molecule has 0 saturated carbocycles. The molecule has 0 fully saturated rings. The van der Waals surface area contributed by atoms with Gasteiger partial charge >= 0.3 is 0 Å². The molecule has 0 saturated heterocycles. The van der Waals surface area contributed by atoms with Crippen molar-refractivity contribution in [3.05, 3.63) is 53.8 Å². The third kappa shape index (κ3) is 3.89. The predicted molar refractivity (Wildman–Crippen MR) is 94.2 cm³/mol. The molecule has 0 aliphatic heterocycles. The Balaban J connectivity index is 1.58. The van der Waals surface area contributed by atoms with Crippen LogP contribution in [0.5, 0.6) is 5.75 Å². The van der Waals surface area contributed by atoms with E-state index in [-0.39, 0.29) is 18.3 Å². The first kappa shape index (κ1) is 16.4. The van der Waals surface area contributed by atoms with Crippen LogP contribution in [0.1, 0.15) is 25.3 Å². The van der Waals surface area contributed by atoms with Gasteiger partial charge in [0.25, 0.3) is 5.91 Å². The summed E-state index contributed by atoms with van der Waals surface area (Å²) in [5.74, 6) is 0.465. The Morgan fingerprint density at radius 1 is 1.25 bits per heavy atom. The normalized spacial score (nSPS) is 11.0. The Kier molecular flexibility index (Phi) is 4.76. The highest BCUT2D eigenvalue weighted by Gasteiger charge is 2.09. The summed E-state index contributed by atoms with van der Waals surface area (Å²) in [6, 6.07) is 12.0. The summed E-state index contributed by atoms with van der Waals surface area (Å²) in [7, 11) is 0. The van der Waals surface area contributed by atoms with E-state index in [1.54, 1.807) is 6.07 Å². The van der Waals surface area contributed by atoms with Crippen LogP contribution in [0.25, 0.3) is 10.2 Å². The number of amides is 1. The van der Waals surface area contributed by atoms with E-state index in [4.69, 9.17) is 4.74 Å². The highest BCUT2D eigenvalue weighted by Crippen LogP contribution is 2.26. The molecule has 0 atom stereocenters. The molecule has 124 valence electrons. The second-order valence-corrected chi connectivity index (χ2v) is 6.72. The van der Waals surface area contributed by atoms with Crippen molar-refractivity contribution in [1.29, 1.82) is 0 Å². The number of fused-ring (bicyclic) bond motifs is 1. The minimum atomic E-state index is -0.322. The zero-order chi connectivity index (χ0) is 17.1. The van der Waals surface area contributed by atoms with Crippen molar-refractivity contribution in [3.8, 4) is 5.75 Å². The smallest absolute Gasteiger partial charge is 0.264 e. The second kappa shape index (κ2) is 6.97. The molecule has 1 amide bonds. The molecule has 0 bridgehead atoms. The molecular formula is C18H17FN2O2S. The van der Waals surface area contributed by atoms with E-state index in [1.165, 1.54) is 29.0 Å². The molecule has 3 aromatic rings. The first-order valence-electron chi connectivity index (χ1n) is 7.60. The van der Waals surface area contributed by atoms with Crippen molar-refractivity contribution in [2.24, 2.45) is 0 Å². The summed E-state index contributed by atoms with van der Waals surface area (Å²) in [6.07, 6.45) is 0. The molecule has 4 nitrogen and oxygen atoms in total. The van der Waals surface area contributed by atoms with Crippen LogP contribution in [-0.2, 0) is 4.79 Å². The van der Waals surface area contributed by atoms with Crippen LogP contribution in [0.4, 0.5) is 9.52 Å². The number of nitrogens with one attached hydrogen (secondary N) is 1. The van der Waals surface area contributed by atoms with Crippen LogP contribution < -0.4 is 10.1 Å². The maximum Gasteiger partial charge on any atom is 0.264 e. The number of carbonyl (C=O) groups excluding carboxylic acids is 1. The number of thiazole rings is 1. The molecular weight excluding hydrogens is 327 g/mol. The third-order valence-electron chi connectivity index (χ3n) is 3.51. The number of ether oxygens (including phenoxy) is 1. The van der Waals surface area contributed by atoms with Crippen LogP contribution in [0.15, 0.2) is 42.5 Å². The molecule has 1 heterocycles. The minimum absolute atomic E-state index is 0.106. The zero-order valence-corrected chi connectivity index (χ0v) is 14.2. The second-order valence-electron chi connectivity index (χ2n) is 5.69. The summed E-state index contributed by atoms with van der Waals surface area (Å²) in [4.78, 5) is 16.2. The number of halogens is 1. The van der Waals surface area contributed by atoms with Crippen LogP contribution in [0.3, 0.4) is 0 Å². The molecule has 6 heteroatoms. The van der Waals surface area contributed by atoms with E-state index in [0.717, 1.165) is 0 Å². The minimum Gasteiger partial charge on any atom is -0.484 e. The number of rotatable bonds is 5. The predicted octanol–water partition coefficient (Wildman–Crippen LogP) is 4.58. The number of carbonyl (C=O) groups is 1. The largest absolute Gasteiger partial charge is 0.484 e. The summed E-state index contributed by atoms with van der Waals surface area (Å²) < 4.78 is 19.3. The first-order chi connectivity index (χ1) is 11.5. The van der Waals surface area contributed by atoms with Crippen LogP contribution >= 0.6 is 11.3 Å². The van der Waals surface area contributed by atoms with Crippen LogP contribution in [-0.4, -0.2) is 17.5 Å². The van der Waals surface area contributed by atoms with Gasteiger partial charge in [0.1, 0.15) is 11.6 Å². The average Bonchev–Trinajstić information content (AvgIpc) is 2.94. The van der Waals surface area contributed by atoms with E-state index in [1.807, 2.05) is 24.3 Å². The molecule has 1 N–H and O–H groups in total. The van der Waals surface area contributed by atoms with Crippen molar-refractivity contribution < 1.29 is 13.9 Å². The maximum atomic E-state index is 13.2. The Bertz CT molecular complexity index is 859. The molecule has 0 aliphatic rings. The molecule has 0 radical (unpaired) electrons. The first-order valence-corrected chi connectivity index (χ1v) is 8.41. The fourth-order valence-corrected chi connectivity index (χ4v) is 3.11. The zero-order valence-electron chi connectivity index (χ0n) is 13.4. The Morgan fingerprint density at radius 3 is 2.71 bits per heavy atom. The lowest BCUT2D eigenvalue weighted by Crippen LogP contribution is -2.20. The average molecular weight is 344 g/mol. The highest BCUT2D eigenvalue weighted by atomic mass is 32.1. The molecule has 2 aromatic carbocycles. The quantitative estimate of drug-likeness (QED) is 0.737. The van der Waals surface area contributed by atoms with Crippen molar-refractivity contribution in [2.45, 2.75) is 19.8 Å². The number of benzene rings is 2. The Hall–Kier alpha value is -2.47. The molecule has 0 spiro atoms. The van der Waals surface area contributed by atoms with Gasteiger partial charge < -0.3 is 4.74 Å². The van der Waals surface area contributed by atoms with Gasteiger partial charge in [-0.1, -0.05) is 37.3 Å². The standard InChI is InChI=1S/C18H17FN2O2S/c1-11(2)12-3-6-14(7-4-12)23-10-17(22)21-18-20-15-8-5-13(19)9-16(15)24-18/h3-9,11H,10H2,1-2H3,(H,20,21,22). The molecule has 24 heavy (non-hydrogen) atoms. The molecule has 0 unspecified atom stereocenters. The van der Waals surface area contributed by atoms with Gasteiger partial charge in [-0.25, -0.2) is 9.37 Å². The SMILES string of the molecule is CC(C)c1ccc(OCC(=O)Nc2nc3ccc(F)cc3s2)cc1. The number of hydrogen-bond acceptors (Lipinski definition) is 4. The van der Waals surface area contributed by atoms with Gasteiger partial charge in [-0.3, -0.25) is 10.1 Å². The number of hydrogen-bond donors (Lipinski definition) is 1. The fraction of sp³-hybridized carbons (Fsp3) is 0.222. The van der Waals surface area contributed by atoms with Crippen molar-refractivity contribution in [3.63, 3.8) is 0 Å². The van der Waals surface area contributed by atoms with E-state index >= 15 is 0 Å². The van der Waals surface area contributed by atoms with Crippen LogP contribution in [0, 0.1) is 5.82 Å². The van der Waals surface area contributed by atoms with Gasteiger partial charge in [-0.2, -0.15) is 0 Å². The van der Waals surface area contributed by atoms with E-state index in [2.05, 4.69) is 24.1 Å². The highest BCUT2D eigenvalue weighted by molar-refractivity contribution is 7.22. The van der Waals surface area contributed by atoms with E-state index in [0.29, 0.717) is 27.0 Å². The topological polar surface area (TPSA) is 51.2 Å². The summed E-state index contributed by atoms with van der Waals surface area (Å²) in [6.45, 7) is 4.13. The number of aromatic nitrogens is 1. The number of anilines is 1. The summed E-state index contributed by atoms with van der Waals surface area (Å²) in [5.41, 5.74) is 1.87. The van der Waals surface area contributed by atoms with Crippen molar-refractivity contribution in [2.75, 3.05) is 11.9 Å². The van der Waals surface area contributed by atoms with E-state index in [9.17, 15) is 9.18 Å². The molecule has 3 rings (SSSR count). The Labute approximate surface area is 143 Å². The monoisotopic (exact) mass is 344 g/mol. The number of nitrogens with zero attached hydrogens (tertiary/aromatic N) is 1.